The highest BCUT2D eigenvalue weighted by Crippen LogP contribution is 2.22. The number of carbonyl (C=O) groups is 2. The molecule has 1 N–H and O–H groups in total. The SMILES string of the molecule is COC(=O)c1ccc(CN2CCCN(C(=O)Nc3ccccc3Br)CC2)o1. The van der Waals surface area contributed by atoms with Crippen LogP contribution in [0.2, 0.25) is 0 Å². The molecular formula is C19H22BrN3O4. The first kappa shape index (κ1) is 19.4. The second kappa shape index (κ2) is 9.05. The maximum Gasteiger partial charge on any atom is 0.373 e. The van der Waals surface area contributed by atoms with Crippen molar-refractivity contribution in [3.63, 3.8) is 0 Å². The number of hydrogen-bond acceptors (Lipinski definition) is 5. The van der Waals surface area contributed by atoms with E-state index in [1.165, 1.54) is 7.11 Å². The van der Waals surface area contributed by atoms with Gasteiger partial charge in [-0.3, -0.25) is 4.90 Å². The second-order valence-corrected chi connectivity index (χ2v) is 7.14. The van der Waals surface area contributed by atoms with E-state index in [1.54, 1.807) is 12.1 Å². The van der Waals surface area contributed by atoms with E-state index in [0.29, 0.717) is 25.4 Å². The van der Waals surface area contributed by atoms with Crippen molar-refractivity contribution in [1.82, 2.24) is 9.80 Å². The summed E-state index contributed by atoms with van der Waals surface area (Å²) in [4.78, 5) is 28.1. The van der Waals surface area contributed by atoms with E-state index in [-0.39, 0.29) is 11.8 Å². The predicted octanol–water partition coefficient (Wildman–Crippen LogP) is 3.57. The zero-order valence-corrected chi connectivity index (χ0v) is 16.7. The second-order valence-electron chi connectivity index (χ2n) is 6.28. The molecule has 2 aromatic rings. The summed E-state index contributed by atoms with van der Waals surface area (Å²) < 4.78 is 11.0. The minimum Gasteiger partial charge on any atom is -0.463 e. The van der Waals surface area contributed by atoms with E-state index in [9.17, 15) is 9.59 Å². The Morgan fingerprint density at radius 2 is 1.96 bits per heavy atom. The molecule has 8 heteroatoms. The first-order valence-corrected chi connectivity index (χ1v) is 9.56. The predicted molar refractivity (Wildman–Crippen MR) is 105 cm³/mol. The normalized spacial score (nSPS) is 15.3. The van der Waals surface area contributed by atoms with Crippen LogP contribution in [-0.4, -0.2) is 55.1 Å². The molecule has 0 atom stereocenters. The van der Waals surface area contributed by atoms with Gasteiger partial charge in [0.2, 0.25) is 5.76 Å². The van der Waals surface area contributed by atoms with Gasteiger partial charge in [0.1, 0.15) is 5.76 Å². The van der Waals surface area contributed by atoms with E-state index in [2.05, 4.69) is 30.9 Å². The summed E-state index contributed by atoms with van der Waals surface area (Å²) in [5.41, 5.74) is 0.759. The van der Waals surface area contributed by atoms with Crippen LogP contribution in [0.4, 0.5) is 10.5 Å². The summed E-state index contributed by atoms with van der Waals surface area (Å²) in [7, 11) is 1.33. The number of nitrogens with one attached hydrogen (secondary N) is 1. The first-order chi connectivity index (χ1) is 13.1. The van der Waals surface area contributed by atoms with Crippen LogP contribution in [0.1, 0.15) is 22.7 Å². The number of carbonyl (C=O) groups excluding carboxylic acids is 2. The van der Waals surface area contributed by atoms with Gasteiger partial charge >= 0.3 is 12.0 Å². The van der Waals surface area contributed by atoms with Crippen molar-refractivity contribution in [2.45, 2.75) is 13.0 Å². The molecule has 1 fully saturated rings. The number of amides is 2. The van der Waals surface area contributed by atoms with Crippen LogP contribution in [0, 0.1) is 0 Å². The van der Waals surface area contributed by atoms with Gasteiger partial charge in [-0.05, 0) is 46.6 Å². The van der Waals surface area contributed by atoms with Crippen LogP contribution in [0.5, 0.6) is 0 Å². The van der Waals surface area contributed by atoms with E-state index >= 15 is 0 Å². The maximum atomic E-state index is 12.6. The van der Waals surface area contributed by atoms with E-state index < -0.39 is 5.97 Å². The summed E-state index contributed by atoms with van der Waals surface area (Å²) >= 11 is 3.44. The number of furan rings is 1. The molecule has 2 amide bonds. The van der Waals surface area contributed by atoms with Gasteiger partial charge in [0.15, 0.2) is 0 Å². The molecule has 1 aromatic heterocycles. The topological polar surface area (TPSA) is 75.0 Å². The molecule has 0 aliphatic carbocycles. The number of ether oxygens (including phenoxy) is 1. The number of esters is 1. The molecule has 0 spiro atoms. The first-order valence-electron chi connectivity index (χ1n) is 8.76. The Bertz CT molecular complexity index is 808. The fourth-order valence-corrected chi connectivity index (χ4v) is 3.37. The third-order valence-electron chi connectivity index (χ3n) is 4.42. The van der Waals surface area contributed by atoms with Gasteiger partial charge < -0.3 is 19.4 Å². The average molecular weight is 436 g/mol. The number of nitrogens with zero attached hydrogens (tertiary/aromatic N) is 2. The van der Waals surface area contributed by atoms with E-state index in [0.717, 1.165) is 29.7 Å². The molecule has 144 valence electrons. The minimum absolute atomic E-state index is 0.102. The number of methoxy groups -OCH3 is 1. The summed E-state index contributed by atoms with van der Waals surface area (Å²) in [5, 5.41) is 2.95. The average Bonchev–Trinajstić information content (AvgIpc) is 3.00. The third-order valence-corrected chi connectivity index (χ3v) is 5.11. The molecule has 0 unspecified atom stereocenters. The van der Waals surface area contributed by atoms with Crippen LogP contribution in [0.3, 0.4) is 0 Å². The Kier molecular flexibility index (Phi) is 6.52. The highest BCUT2D eigenvalue weighted by atomic mass is 79.9. The van der Waals surface area contributed by atoms with Crippen LogP contribution in [0.15, 0.2) is 45.3 Å². The van der Waals surface area contributed by atoms with Gasteiger partial charge in [0.05, 0.1) is 19.3 Å². The van der Waals surface area contributed by atoms with Crippen LogP contribution in [0.25, 0.3) is 0 Å². The molecule has 27 heavy (non-hydrogen) atoms. The Morgan fingerprint density at radius 1 is 1.15 bits per heavy atom. The number of hydrogen-bond donors (Lipinski definition) is 1. The Balaban J connectivity index is 1.54. The molecule has 0 saturated carbocycles. The minimum atomic E-state index is -0.480. The lowest BCUT2D eigenvalue weighted by Crippen LogP contribution is -2.38. The van der Waals surface area contributed by atoms with Crippen LogP contribution in [-0.2, 0) is 11.3 Å². The number of para-hydroxylation sites is 1. The number of urea groups is 1. The monoisotopic (exact) mass is 435 g/mol. The highest BCUT2D eigenvalue weighted by molar-refractivity contribution is 9.10. The molecular weight excluding hydrogens is 414 g/mol. The summed E-state index contributed by atoms with van der Waals surface area (Å²) in [6.07, 6.45) is 0.869. The standard InChI is InChI=1S/C19H22BrN3O4/c1-26-18(24)17-8-7-14(27-17)13-22-9-4-10-23(12-11-22)19(25)21-16-6-3-2-5-15(16)20/h2-3,5-8H,4,9-13H2,1H3,(H,21,25). The van der Waals surface area contributed by atoms with Gasteiger partial charge in [-0.1, -0.05) is 12.1 Å². The van der Waals surface area contributed by atoms with Crippen molar-refractivity contribution in [2.75, 3.05) is 38.6 Å². The highest BCUT2D eigenvalue weighted by Gasteiger charge is 2.21. The maximum absolute atomic E-state index is 12.6. The lowest BCUT2D eigenvalue weighted by Gasteiger charge is -2.22. The zero-order chi connectivity index (χ0) is 19.2. The summed E-state index contributed by atoms with van der Waals surface area (Å²) in [5.74, 6) is 0.435. The quantitative estimate of drug-likeness (QED) is 0.742. The number of benzene rings is 1. The van der Waals surface area contributed by atoms with Crippen molar-refractivity contribution in [3.8, 4) is 0 Å². The molecule has 3 rings (SSSR count). The Hall–Kier alpha value is -2.32. The largest absolute Gasteiger partial charge is 0.463 e. The molecule has 0 bridgehead atoms. The molecule has 1 aliphatic heterocycles. The van der Waals surface area contributed by atoms with Crippen LogP contribution >= 0.6 is 15.9 Å². The van der Waals surface area contributed by atoms with Crippen molar-refractivity contribution >= 4 is 33.6 Å². The number of rotatable bonds is 4. The Morgan fingerprint density at radius 3 is 2.74 bits per heavy atom. The van der Waals surface area contributed by atoms with Crippen molar-refractivity contribution < 1.29 is 18.7 Å². The fraction of sp³-hybridized carbons (Fsp3) is 0.368. The molecule has 1 aliphatic rings. The van der Waals surface area contributed by atoms with Gasteiger partial charge in [0, 0.05) is 30.7 Å². The van der Waals surface area contributed by atoms with Gasteiger partial charge in [-0.2, -0.15) is 0 Å². The molecule has 1 aromatic carbocycles. The van der Waals surface area contributed by atoms with Gasteiger partial charge in [0.25, 0.3) is 0 Å². The number of anilines is 1. The fourth-order valence-electron chi connectivity index (χ4n) is 2.98. The summed E-state index contributed by atoms with van der Waals surface area (Å²) in [6.45, 7) is 3.50. The van der Waals surface area contributed by atoms with Gasteiger partial charge in [-0.15, -0.1) is 0 Å². The van der Waals surface area contributed by atoms with Crippen LogP contribution < -0.4 is 5.32 Å². The number of halogens is 1. The molecule has 1 saturated heterocycles. The smallest absolute Gasteiger partial charge is 0.373 e. The van der Waals surface area contributed by atoms with Crippen molar-refractivity contribution in [3.05, 3.63) is 52.4 Å². The molecule has 0 radical (unpaired) electrons. The van der Waals surface area contributed by atoms with Crippen molar-refractivity contribution in [2.24, 2.45) is 0 Å². The third kappa shape index (κ3) is 5.11. The molecule has 7 nitrogen and oxygen atoms in total. The van der Waals surface area contributed by atoms with Crippen molar-refractivity contribution in [1.29, 1.82) is 0 Å². The lowest BCUT2D eigenvalue weighted by molar-refractivity contribution is 0.0561. The van der Waals surface area contributed by atoms with E-state index in [4.69, 9.17) is 4.42 Å². The lowest BCUT2D eigenvalue weighted by atomic mass is 10.3. The van der Waals surface area contributed by atoms with Gasteiger partial charge in [-0.25, -0.2) is 9.59 Å². The zero-order valence-electron chi connectivity index (χ0n) is 15.1. The Labute approximate surface area is 166 Å². The summed E-state index contributed by atoms with van der Waals surface area (Å²) in [6, 6.07) is 10.9. The van der Waals surface area contributed by atoms with E-state index in [1.807, 2.05) is 29.2 Å². The molecule has 2 heterocycles.